The maximum atomic E-state index is 12.0. The number of nitrogens with one attached hydrogen (secondary N) is 2. The Kier molecular flexibility index (Phi) is 2.85. The number of amides is 1. The number of carbonyl (C=O) groups is 1. The molecule has 3 heteroatoms. The van der Waals surface area contributed by atoms with Gasteiger partial charge in [-0.3, -0.25) is 4.79 Å². The summed E-state index contributed by atoms with van der Waals surface area (Å²) in [5, 5.41) is 6.74. The summed E-state index contributed by atoms with van der Waals surface area (Å²) < 4.78 is 0. The first-order valence-electron chi connectivity index (χ1n) is 6.43. The fourth-order valence-electron chi connectivity index (χ4n) is 3.03. The second-order valence-corrected chi connectivity index (χ2v) is 5.15. The van der Waals surface area contributed by atoms with Gasteiger partial charge < -0.3 is 10.6 Å². The van der Waals surface area contributed by atoms with Crippen LogP contribution in [-0.4, -0.2) is 24.0 Å². The van der Waals surface area contributed by atoms with Gasteiger partial charge in [0.2, 0.25) is 0 Å². The van der Waals surface area contributed by atoms with Crippen LogP contribution in [-0.2, 0) is 0 Å². The van der Waals surface area contributed by atoms with Crippen LogP contribution >= 0.6 is 0 Å². The molecule has 3 atom stereocenters. The summed E-state index contributed by atoms with van der Waals surface area (Å²) in [6.07, 6.45) is 4.69. The lowest BCUT2D eigenvalue weighted by atomic mass is 9.99. The molecule has 0 spiro atoms. The van der Waals surface area contributed by atoms with E-state index in [1.807, 2.05) is 30.3 Å². The molecule has 0 aromatic heterocycles. The van der Waals surface area contributed by atoms with Crippen molar-refractivity contribution >= 4 is 5.91 Å². The third kappa shape index (κ3) is 2.34. The first-order chi connectivity index (χ1) is 8.31. The van der Waals surface area contributed by atoms with Crippen LogP contribution in [0.1, 0.15) is 36.0 Å². The van der Waals surface area contributed by atoms with Crippen molar-refractivity contribution in [3.63, 3.8) is 0 Å². The van der Waals surface area contributed by atoms with Crippen LogP contribution in [0, 0.1) is 0 Å². The fraction of sp³-hybridized carbons (Fsp3) is 0.500. The van der Waals surface area contributed by atoms with Gasteiger partial charge in [-0.15, -0.1) is 0 Å². The Morgan fingerprint density at radius 2 is 1.76 bits per heavy atom. The quantitative estimate of drug-likeness (QED) is 0.812. The van der Waals surface area contributed by atoms with E-state index in [0.717, 1.165) is 18.4 Å². The predicted molar refractivity (Wildman–Crippen MR) is 66.9 cm³/mol. The molecular formula is C14H18N2O. The Bertz CT molecular complexity index is 392. The Balaban J connectivity index is 1.62. The first-order valence-corrected chi connectivity index (χ1v) is 6.43. The maximum Gasteiger partial charge on any atom is 0.251 e. The highest BCUT2D eigenvalue weighted by Gasteiger charge is 2.33. The molecule has 1 aromatic rings. The van der Waals surface area contributed by atoms with E-state index in [-0.39, 0.29) is 5.91 Å². The highest BCUT2D eigenvalue weighted by atomic mass is 16.1. The summed E-state index contributed by atoms with van der Waals surface area (Å²) in [5.41, 5.74) is 0.762. The fourth-order valence-corrected chi connectivity index (χ4v) is 3.03. The monoisotopic (exact) mass is 230 g/mol. The zero-order valence-corrected chi connectivity index (χ0v) is 9.86. The normalized spacial score (nSPS) is 31.2. The average molecular weight is 230 g/mol. The summed E-state index contributed by atoms with van der Waals surface area (Å²) >= 11 is 0. The minimum Gasteiger partial charge on any atom is -0.349 e. The van der Waals surface area contributed by atoms with Gasteiger partial charge >= 0.3 is 0 Å². The molecule has 1 amide bonds. The lowest BCUT2D eigenvalue weighted by Crippen LogP contribution is -2.48. The molecule has 2 N–H and O–H groups in total. The van der Waals surface area contributed by atoms with E-state index in [4.69, 9.17) is 0 Å². The summed E-state index contributed by atoms with van der Waals surface area (Å²) in [7, 11) is 0. The van der Waals surface area contributed by atoms with Crippen molar-refractivity contribution in [2.24, 2.45) is 0 Å². The van der Waals surface area contributed by atoms with Gasteiger partial charge in [-0.05, 0) is 37.8 Å². The average Bonchev–Trinajstić information content (AvgIpc) is 2.70. The molecule has 0 radical (unpaired) electrons. The molecule has 2 heterocycles. The molecule has 90 valence electrons. The van der Waals surface area contributed by atoms with Crippen molar-refractivity contribution < 1.29 is 4.79 Å². The Hall–Kier alpha value is -1.35. The summed E-state index contributed by atoms with van der Waals surface area (Å²) in [5.74, 6) is 0.0666. The van der Waals surface area contributed by atoms with E-state index in [0.29, 0.717) is 18.1 Å². The van der Waals surface area contributed by atoms with Crippen LogP contribution in [0.15, 0.2) is 30.3 Å². The number of carbonyl (C=O) groups excluding carboxylic acids is 1. The molecule has 3 rings (SSSR count). The highest BCUT2D eigenvalue weighted by Crippen LogP contribution is 2.26. The highest BCUT2D eigenvalue weighted by molar-refractivity contribution is 5.94. The van der Waals surface area contributed by atoms with Gasteiger partial charge in [-0.2, -0.15) is 0 Å². The zero-order chi connectivity index (χ0) is 11.7. The first kappa shape index (κ1) is 10.8. The summed E-state index contributed by atoms with van der Waals surface area (Å²) in [6.45, 7) is 0. The molecule has 3 nitrogen and oxygen atoms in total. The maximum absolute atomic E-state index is 12.0. The van der Waals surface area contributed by atoms with Crippen molar-refractivity contribution in [2.75, 3.05) is 0 Å². The van der Waals surface area contributed by atoms with E-state index >= 15 is 0 Å². The molecule has 2 aliphatic heterocycles. The van der Waals surface area contributed by atoms with Crippen molar-refractivity contribution in [3.8, 4) is 0 Å². The topological polar surface area (TPSA) is 41.1 Å². The number of hydrogen-bond acceptors (Lipinski definition) is 2. The Morgan fingerprint density at radius 3 is 2.41 bits per heavy atom. The van der Waals surface area contributed by atoms with Crippen molar-refractivity contribution in [1.29, 1.82) is 0 Å². The number of rotatable bonds is 2. The third-order valence-corrected chi connectivity index (χ3v) is 3.84. The molecular weight excluding hydrogens is 212 g/mol. The van der Waals surface area contributed by atoms with Crippen LogP contribution in [0.3, 0.4) is 0 Å². The van der Waals surface area contributed by atoms with Crippen molar-refractivity contribution in [2.45, 2.75) is 43.8 Å². The van der Waals surface area contributed by atoms with E-state index in [1.54, 1.807) is 0 Å². The second kappa shape index (κ2) is 4.49. The standard InChI is InChI=1S/C14H18N2O/c17-14(10-4-2-1-3-5-10)16-13-8-11-6-7-12(9-13)15-11/h1-5,11-13,15H,6-9H2,(H,16,17)/t11-,12+,13?. The van der Waals surface area contributed by atoms with Crippen LogP contribution in [0.5, 0.6) is 0 Å². The molecule has 0 saturated carbocycles. The molecule has 1 unspecified atom stereocenters. The van der Waals surface area contributed by atoms with Gasteiger partial charge in [0.15, 0.2) is 0 Å². The van der Waals surface area contributed by atoms with Crippen molar-refractivity contribution in [1.82, 2.24) is 10.6 Å². The van der Waals surface area contributed by atoms with Gasteiger partial charge in [-0.25, -0.2) is 0 Å². The number of piperidine rings is 1. The molecule has 2 fully saturated rings. The minimum absolute atomic E-state index is 0.0666. The third-order valence-electron chi connectivity index (χ3n) is 3.84. The van der Waals surface area contributed by atoms with E-state index in [1.165, 1.54) is 12.8 Å². The van der Waals surface area contributed by atoms with Gasteiger partial charge in [0.1, 0.15) is 0 Å². The lowest BCUT2D eigenvalue weighted by Gasteiger charge is -2.29. The molecule has 17 heavy (non-hydrogen) atoms. The van der Waals surface area contributed by atoms with E-state index in [2.05, 4.69) is 10.6 Å². The SMILES string of the molecule is O=C(NC1C[C@H]2CC[C@@H](C1)N2)c1ccccc1. The Morgan fingerprint density at radius 1 is 1.12 bits per heavy atom. The van der Waals surface area contributed by atoms with Crippen LogP contribution in [0.25, 0.3) is 0 Å². The second-order valence-electron chi connectivity index (χ2n) is 5.15. The van der Waals surface area contributed by atoms with Gasteiger partial charge in [-0.1, -0.05) is 18.2 Å². The van der Waals surface area contributed by atoms with E-state index < -0.39 is 0 Å². The number of benzene rings is 1. The van der Waals surface area contributed by atoms with Crippen molar-refractivity contribution in [3.05, 3.63) is 35.9 Å². The van der Waals surface area contributed by atoms with Crippen LogP contribution in [0.2, 0.25) is 0 Å². The molecule has 2 aliphatic rings. The van der Waals surface area contributed by atoms with Crippen LogP contribution < -0.4 is 10.6 Å². The molecule has 2 saturated heterocycles. The van der Waals surface area contributed by atoms with Gasteiger partial charge in [0.25, 0.3) is 5.91 Å². The molecule has 0 aliphatic carbocycles. The lowest BCUT2D eigenvalue weighted by molar-refractivity contribution is 0.0924. The van der Waals surface area contributed by atoms with Gasteiger partial charge in [0, 0.05) is 23.7 Å². The van der Waals surface area contributed by atoms with Crippen LogP contribution in [0.4, 0.5) is 0 Å². The minimum atomic E-state index is 0.0666. The molecule has 2 bridgehead atoms. The summed E-state index contributed by atoms with van der Waals surface area (Å²) in [6, 6.07) is 11.1. The Labute approximate surface area is 102 Å². The zero-order valence-electron chi connectivity index (χ0n) is 9.86. The van der Waals surface area contributed by atoms with Gasteiger partial charge in [0.05, 0.1) is 0 Å². The smallest absolute Gasteiger partial charge is 0.251 e. The number of fused-ring (bicyclic) bond motifs is 2. The largest absolute Gasteiger partial charge is 0.349 e. The molecule has 1 aromatic carbocycles. The van der Waals surface area contributed by atoms with E-state index in [9.17, 15) is 4.79 Å². The number of hydrogen-bond donors (Lipinski definition) is 2. The predicted octanol–water partition coefficient (Wildman–Crippen LogP) is 1.70. The summed E-state index contributed by atoms with van der Waals surface area (Å²) in [4.78, 5) is 12.0.